The van der Waals surface area contributed by atoms with Gasteiger partial charge in [-0.2, -0.15) is 0 Å². The van der Waals surface area contributed by atoms with Crippen molar-refractivity contribution in [1.82, 2.24) is 0 Å². The lowest BCUT2D eigenvalue weighted by atomic mass is 10.1. The maximum atomic E-state index is 9.48. The first-order chi connectivity index (χ1) is 7.57. The molecule has 1 aliphatic carbocycles. The fraction of sp³-hybridized carbons (Fsp3) is 0.167. The molecule has 3 N–H and O–H groups in total. The Morgan fingerprint density at radius 1 is 1.19 bits per heavy atom. The molecule has 0 saturated heterocycles. The van der Waals surface area contributed by atoms with Crippen molar-refractivity contribution in [2.24, 2.45) is 0 Å². The first kappa shape index (κ1) is 11.1. The molecule has 1 atom stereocenters. The summed E-state index contributed by atoms with van der Waals surface area (Å²) >= 11 is 3.47. The van der Waals surface area contributed by atoms with Gasteiger partial charge in [-0.1, -0.05) is 34.1 Å². The number of para-hydroxylation sites is 1. The van der Waals surface area contributed by atoms with Crippen molar-refractivity contribution in [3.05, 3.63) is 54.0 Å². The molecular formula is C12H12BrNO2. The van der Waals surface area contributed by atoms with Gasteiger partial charge in [-0.25, -0.2) is 0 Å². The monoisotopic (exact) mass is 281 g/mol. The summed E-state index contributed by atoms with van der Waals surface area (Å²) in [5, 5.41) is 22.1. The molecule has 0 aliphatic heterocycles. The maximum Gasteiger partial charge on any atom is 0.122 e. The number of halogens is 1. The van der Waals surface area contributed by atoms with Crippen molar-refractivity contribution < 1.29 is 10.2 Å². The lowest BCUT2D eigenvalue weighted by molar-refractivity contribution is 0.355. The van der Waals surface area contributed by atoms with Crippen LogP contribution in [0.15, 0.2) is 54.0 Å². The van der Waals surface area contributed by atoms with Crippen LogP contribution in [0.3, 0.4) is 0 Å². The quantitative estimate of drug-likeness (QED) is 0.575. The van der Waals surface area contributed by atoms with E-state index in [4.69, 9.17) is 0 Å². The third kappa shape index (κ3) is 2.58. The smallest absolute Gasteiger partial charge is 0.122 e. The summed E-state index contributed by atoms with van der Waals surface area (Å²) in [6, 6.07) is 9.60. The van der Waals surface area contributed by atoms with E-state index in [9.17, 15) is 10.2 Å². The van der Waals surface area contributed by atoms with Crippen molar-refractivity contribution in [3.63, 3.8) is 0 Å². The van der Waals surface area contributed by atoms with E-state index in [1.165, 1.54) is 6.08 Å². The van der Waals surface area contributed by atoms with E-state index >= 15 is 0 Å². The fourth-order valence-corrected chi connectivity index (χ4v) is 2.40. The minimum Gasteiger partial charge on any atom is -0.512 e. The largest absolute Gasteiger partial charge is 0.512 e. The molecule has 2 rings (SSSR count). The van der Waals surface area contributed by atoms with E-state index in [-0.39, 0.29) is 11.5 Å². The molecule has 0 aromatic heterocycles. The van der Waals surface area contributed by atoms with E-state index in [1.807, 2.05) is 30.3 Å². The van der Waals surface area contributed by atoms with Gasteiger partial charge in [0.15, 0.2) is 0 Å². The summed E-state index contributed by atoms with van der Waals surface area (Å²) in [6.45, 7) is 0. The molecule has 1 aliphatic rings. The van der Waals surface area contributed by atoms with Crippen LogP contribution in [0, 0.1) is 0 Å². The van der Waals surface area contributed by atoms with Gasteiger partial charge in [0.05, 0.1) is 5.76 Å². The van der Waals surface area contributed by atoms with Crippen molar-refractivity contribution in [2.45, 2.75) is 10.9 Å². The summed E-state index contributed by atoms with van der Waals surface area (Å²) in [5.41, 5.74) is 0.915. The lowest BCUT2D eigenvalue weighted by Gasteiger charge is -2.28. The minimum absolute atomic E-state index is 0.0454. The number of aliphatic hydroxyl groups is 2. The van der Waals surface area contributed by atoms with Crippen molar-refractivity contribution >= 4 is 21.6 Å². The van der Waals surface area contributed by atoms with Gasteiger partial charge in [0.2, 0.25) is 0 Å². The Bertz CT molecular complexity index is 442. The number of benzene rings is 1. The first-order valence-electron chi connectivity index (χ1n) is 4.91. The van der Waals surface area contributed by atoms with Gasteiger partial charge >= 0.3 is 0 Å². The Balaban J connectivity index is 2.19. The van der Waals surface area contributed by atoms with Crippen molar-refractivity contribution in [1.29, 1.82) is 0 Å². The molecule has 3 nitrogen and oxygen atoms in total. The van der Waals surface area contributed by atoms with Crippen LogP contribution in [-0.4, -0.2) is 14.7 Å². The second-order valence-electron chi connectivity index (χ2n) is 3.74. The van der Waals surface area contributed by atoms with E-state index in [1.54, 1.807) is 6.08 Å². The molecule has 4 heteroatoms. The van der Waals surface area contributed by atoms with E-state index in [0.717, 1.165) is 5.69 Å². The van der Waals surface area contributed by atoms with Gasteiger partial charge in [-0.15, -0.1) is 0 Å². The Morgan fingerprint density at radius 3 is 2.50 bits per heavy atom. The Hall–Kier alpha value is -1.42. The van der Waals surface area contributed by atoms with Gasteiger partial charge in [0.25, 0.3) is 0 Å². The molecule has 1 unspecified atom stereocenters. The highest BCUT2D eigenvalue weighted by atomic mass is 79.9. The average Bonchev–Trinajstić information content (AvgIpc) is 2.15. The third-order valence-electron chi connectivity index (χ3n) is 2.26. The summed E-state index contributed by atoms with van der Waals surface area (Å²) in [4.78, 5) is 0. The Kier molecular flexibility index (Phi) is 2.92. The maximum absolute atomic E-state index is 9.48. The predicted molar refractivity (Wildman–Crippen MR) is 67.8 cm³/mol. The first-order valence-corrected chi connectivity index (χ1v) is 5.70. The summed E-state index contributed by atoms with van der Waals surface area (Å²) < 4.78 is -0.642. The molecule has 0 radical (unpaired) electrons. The molecule has 16 heavy (non-hydrogen) atoms. The second kappa shape index (κ2) is 4.22. The zero-order valence-corrected chi connectivity index (χ0v) is 10.1. The fourth-order valence-electron chi connectivity index (χ4n) is 1.65. The molecule has 0 fully saturated rings. The van der Waals surface area contributed by atoms with E-state index < -0.39 is 4.45 Å². The number of allylic oxidation sites excluding steroid dienone is 1. The molecular weight excluding hydrogens is 270 g/mol. The van der Waals surface area contributed by atoms with Crippen LogP contribution >= 0.6 is 15.9 Å². The number of rotatable bonds is 2. The zero-order valence-electron chi connectivity index (χ0n) is 8.52. The van der Waals surface area contributed by atoms with Crippen LogP contribution in [0.1, 0.15) is 6.42 Å². The number of aliphatic hydroxyl groups excluding tert-OH is 2. The summed E-state index contributed by atoms with van der Waals surface area (Å²) in [7, 11) is 0. The normalized spacial score (nSPS) is 24.6. The van der Waals surface area contributed by atoms with Gasteiger partial charge in [0, 0.05) is 18.2 Å². The molecule has 0 spiro atoms. The van der Waals surface area contributed by atoms with E-state index in [0.29, 0.717) is 6.42 Å². The van der Waals surface area contributed by atoms with Crippen LogP contribution in [0.2, 0.25) is 0 Å². The van der Waals surface area contributed by atoms with Gasteiger partial charge in [0.1, 0.15) is 10.2 Å². The molecule has 0 saturated carbocycles. The predicted octanol–water partition coefficient (Wildman–Crippen LogP) is 3.48. The van der Waals surface area contributed by atoms with Gasteiger partial charge < -0.3 is 15.5 Å². The number of anilines is 1. The molecule has 0 heterocycles. The third-order valence-corrected chi connectivity index (χ3v) is 2.96. The van der Waals surface area contributed by atoms with Crippen molar-refractivity contribution in [2.75, 3.05) is 5.32 Å². The highest BCUT2D eigenvalue weighted by molar-refractivity contribution is 9.10. The molecule has 1 aromatic rings. The van der Waals surface area contributed by atoms with Gasteiger partial charge in [-0.05, 0) is 18.2 Å². The van der Waals surface area contributed by atoms with Crippen LogP contribution in [-0.2, 0) is 0 Å². The second-order valence-corrected chi connectivity index (χ2v) is 5.15. The number of alkyl halides is 1. The Morgan fingerprint density at radius 2 is 1.88 bits per heavy atom. The van der Waals surface area contributed by atoms with Crippen LogP contribution in [0.4, 0.5) is 5.69 Å². The Labute approximate surface area is 102 Å². The van der Waals surface area contributed by atoms with Crippen LogP contribution in [0.25, 0.3) is 0 Å². The molecule has 84 valence electrons. The topological polar surface area (TPSA) is 52.5 Å². The average molecular weight is 282 g/mol. The molecule has 0 bridgehead atoms. The van der Waals surface area contributed by atoms with Crippen LogP contribution < -0.4 is 5.32 Å². The van der Waals surface area contributed by atoms with Gasteiger partial charge in [-0.3, -0.25) is 0 Å². The highest BCUT2D eigenvalue weighted by Crippen LogP contribution is 2.33. The van der Waals surface area contributed by atoms with E-state index in [2.05, 4.69) is 21.2 Å². The summed E-state index contributed by atoms with van der Waals surface area (Å²) in [5.74, 6) is 0.185. The summed E-state index contributed by atoms with van der Waals surface area (Å²) in [6.07, 6.45) is 3.35. The number of nitrogens with one attached hydrogen (secondary N) is 1. The molecule has 1 aromatic carbocycles. The SMILES string of the molecule is OC1=CC(Br)(Nc2ccccc2)CC(O)=C1. The van der Waals surface area contributed by atoms with Crippen LogP contribution in [0.5, 0.6) is 0 Å². The number of hydrogen-bond donors (Lipinski definition) is 3. The standard InChI is InChI=1S/C12H12BrNO2/c13-12(7-10(15)6-11(16)8-12)14-9-4-2-1-3-5-9/h1-7,14-16H,8H2. The van der Waals surface area contributed by atoms with Crippen molar-refractivity contribution in [3.8, 4) is 0 Å². The zero-order chi connectivity index (χ0) is 11.6. The molecule has 0 amide bonds. The highest BCUT2D eigenvalue weighted by Gasteiger charge is 2.29. The minimum atomic E-state index is -0.642. The lowest BCUT2D eigenvalue weighted by Crippen LogP contribution is -2.31. The number of hydrogen-bond acceptors (Lipinski definition) is 3.